The van der Waals surface area contributed by atoms with Gasteiger partial charge in [0.1, 0.15) is 0 Å². The van der Waals surface area contributed by atoms with E-state index in [0.29, 0.717) is 12.1 Å². The van der Waals surface area contributed by atoms with Crippen molar-refractivity contribution in [2.24, 2.45) is 5.92 Å². The van der Waals surface area contributed by atoms with E-state index in [-0.39, 0.29) is 0 Å². The Morgan fingerprint density at radius 3 is 2.73 bits per heavy atom. The Morgan fingerprint density at radius 1 is 1.55 bits per heavy atom. The lowest BCUT2D eigenvalue weighted by Gasteiger charge is -2.12. The maximum absolute atomic E-state index is 5.26. The van der Waals surface area contributed by atoms with Crippen LogP contribution >= 0.6 is 0 Å². The molecule has 0 spiro atoms. The molecule has 1 fully saturated rings. The molecule has 0 unspecified atom stereocenters. The molecule has 1 aliphatic rings. The van der Waals surface area contributed by atoms with Crippen LogP contribution in [0.15, 0.2) is 0 Å². The van der Waals surface area contributed by atoms with Crippen molar-refractivity contribution in [3.8, 4) is 0 Å². The van der Waals surface area contributed by atoms with E-state index in [1.54, 1.807) is 7.11 Å². The Balaban J connectivity index is 2.19. The summed E-state index contributed by atoms with van der Waals surface area (Å²) in [5.41, 5.74) is 0. The van der Waals surface area contributed by atoms with Gasteiger partial charge in [0.2, 0.25) is 0 Å². The summed E-state index contributed by atoms with van der Waals surface area (Å²) >= 11 is 0. The third-order valence-corrected chi connectivity index (χ3v) is 2.27. The molecule has 1 heterocycles. The highest BCUT2D eigenvalue weighted by atomic mass is 16.5. The molecule has 1 saturated heterocycles. The fourth-order valence-corrected chi connectivity index (χ4v) is 1.71. The average molecular weight is 157 g/mol. The van der Waals surface area contributed by atoms with Gasteiger partial charge in [0.05, 0.1) is 6.10 Å². The van der Waals surface area contributed by atoms with Crippen LogP contribution in [0.1, 0.15) is 26.7 Å². The zero-order chi connectivity index (χ0) is 8.27. The molecular formula is C9H19NO. The Hall–Kier alpha value is -0.0800. The van der Waals surface area contributed by atoms with Crippen LogP contribution in [0.25, 0.3) is 0 Å². The van der Waals surface area contributed by atoms with Gasteiger partial charge >= 0.3 is 0 Å². The van der Waals surface area contributed by atoms with Gasteiger partial charge in [-0.15, -0.1) is 0 Å². The molecule has 0 aromatic heterocycles. The lowest BCUT2D eigenvalue weighted by atomic mass is 10.0. The Morgan fingerprint density at radius 2 is 2.27 bits per heavy atom. The molecular weight excluding hydrogens is 138 g/mol. The van der Waals surface area contributed by atoms with Crippen molar-refractivity contribution in [2.75, 3.05) is 13.7 Å². The predicted molar refractivity (Wildman–Crippen MR) is 46.7 cm³/mol. The minimum Gasteiger partial charge on any atom is -0.380 e. The second-order valence-electron chi connectivity index (χ2n) is 3.83. The normalized spacial score (nSPS) is 31.6. The molecule has 0 radical (unpaired) electrons. The smallest absolute Gasteiger partial charge is 0.0710 e. The van der Waals surface area contributed by atoms with Gasteiger partial charge in [-0.05, 0) is 18.8 Å². The fourth-order valence-electron chi connectivity index (χ4n) is 1.71. The van der Waals surface area contributed by atoms with Crippen molar-refractivity contribution in [3.05, 3.63) is 0 Å². The second-order valence-corrected chi connectivity index (χ2v) is 3.83. The van der Waals surface area contributed by atoms with Crippen LogP contribution in [0.5, 0.6) is 0 Å². The van der Waals surface area contributed by atoms with Gasteiger partial charge in [0.25, 0.3) is 0 Å². The minimum atomic E-state index is 0.457. The summed E-state index contributed by atoms with van der Waals surface area (Å²) in [6.45, 7) is 5.57. The molecule has 1 rings (SSSR count). The van der Waals surface area contributed by atoms with Crippen LogP contribution in [0.4, 0.5) is 0 Å². The van der Waals surface area contributed by atoms with Crippen LogP contribution in [0, 0.1) is 5.92 Å². The van der Waals surface area contributed by atoms with Crippen molar-refractivity contribution in [3.63, 3.8) is 0 Å². The first kappa shape index (κ1) is 9.01. The fraction of sp³-hybridized carbons (Fsp3) is 1.00. The summed E-state index contributed by atoms with van der Waals surface area (Å²) in [5, 5.41) is 3.46. The summed E-state index contributed by atoms with van der Waals surface area (Å²) in [6, 6.07) is 0.694. The SMILES string of the molecule is CO[C@@H]1CN[C@H](CC(C)C)C1. The Labute approximate surface area is 69.3 Å². The lowest BCUT2D eigenvalue weighted by Crippen LogP contribution is -2.23. The lowest BCUT2D eigenvalue weighted by molar-refractivity contribution is 0.117. The van der Waals surface area contributed by atoms with Crippen molar-refractivity contribution in [1.29, 1.82) is 0 Å². The number of hydrogen-bond donors (Lipinski definition) is 1. The van der Waals surface area contributed by atoms with E-state index in [4.69, 9.17) is 4.74 Å². The van der Waals surface area contributed by atoms with E-state index in [1.807, 2.05) is 0 Å². The summed E-state index contributed by atoms with van der Waals surface area (Å²) in [7, 11) is 1.80. The first-order valence-corrected chi connectivity index (χ1v) is 4.48. The quantitative estimate of drug-likeness (QED) is 0.669. The van der Waals surface area contributed by atoms with E-state index >= 15 is 0 Å². The van der Waals surface area contributed by atoms with E-state index in [2.05, 4.69) is 19.2 Å². The molecule has 0 bridgehead atoms. The van der Waals surface area contributed by atoms with Gasteiger partial charge in [0.15, 0.2) is 0 Å². The number of nitrogens with one attached hydrogen (secondary N) is 1. The van der Waals surface area contributed by atoms with Crippen molar-refractivity contribution in [1.82, 2.24) is 5.32 Å². The van der Waals surface area contributed by atoms with Gasteiger partial charge in [0, 0.05) is 19.7 Å². The zero-order valence-electron chi connectivity index (χ0n) is 7.76. The standard InChI is InChI=1S/C9H19NO/c1-7(2)4-8-5-9(11-3)6-10-8/h7-10H,4-6H2,1-3H3/t8-,9+/m1/s1. The van der Waals surface area contributed by atoms with E-state index in [9.17, 15) is 0 Å². The van der Waals surface area contributed by atoms with E-state index in [0.717, 1.165) is 12.5 Å². The van der Waals surface area contributed by atoms with Gasteiger partial charge in [-0.1, -0.05) is 13.8 Å². The van der Waals surface area contributed by atoms with Crippen LogP contribution in [0.3, 0.4) is 0 Å². The summed E-state index contributed by atoms with van der Waals surface area (Å²) in [5.74, 6) is 0.795. The van der Waals surface area contributed by atoms with E-state index in [1.165, 1.54) is 12.8 Å². The maximum atomic E-state index is 5.26. The minimum absolute atomic E-state index is 0.457. The average Bonchev–Trinajstić information content (AvgIpc) is 2.34. The highest BCUT2D eigenvalue weighted by Gasteiger charge is 2.23. The van der Waals surface area contributed by atoms with Crippen LogP contribution in [0.2, 0.25) is 0 Å². The van der Waals surface area contributed by atoms with Gasteiger partial charge in [-0.2, -0.15) is 0 Å². The number of rotatable bonds is 3. The molecule has 1 aliphatic heterocycles. The molecule has 0 aliphatic carbocycles. The highest BCUT2D eigenvalue weighted by Crippen LogP contribution is 2.16. The Bertz CT molecular complexity index is 114. The van der Waals surface area contributed by atoms with Crippen molar-refractivity contribution >= 4 is 0 Å². The molecule has 0 aromatic carbocycles. The zero-order valence-corrected chi connectivity index (χ0v) is 7.76. The van der Waals surface area contributed by atoms with Crippen LogP contribution < -0.4 is 5.32 Å². The van der Waals surface area contributed by atoms with Crippen molar-refractivity contribution in [2.45, 2.75) is 38.8 Å². The molecule has 1 N–H and O–H groups in total. The largest absolute Gasteiger partial charge is 0.380 e. The molecule has 2 heteroatoms. The molecule has 0 amide bonds. The summed E-state index contributed by atoms with van der Waals surface area (Å²) in [6.07, 6.45) is 2.92. The first-order valence-electron chi connectivity index (χ1n) is 4.48. The second kappa shape index (κ2) is 4.07. The predicted octanol–water partition coefficient (Wildman–Crippen LogP) is 1.41. The molecule has 0 saturated carbocycles. The third-order valence-electron chi connectivity index (χ3n) is 2.27. The summed E-state index contributed by atoms with van der Waals surface area (Å²) < 4.78 is 5.26. The van der Waals surface area contributed by atoms with Crippen molar-refractivity contribution < 1.29 is 4.74 Å². The number of methoxy groups -OCH3 is 1. The summed E-state index contributed by atoms with van der Waals surface area (Å²) in [4.78, 5) is 0. The van der Waals surface area contributed by atoms with E-state index < -0.39 is 0 Å². The molecule has 2 atom stereocenters. The van der Waals surface area contributed by atoms with Crippen LogP contribution in [-0.2, 0) is 4.74 Å². The Kier molecular flexibility index (Phi) is 3.34. The van der Waals surface area contributed by atoms with Gasteiger partial charge in [-0.25, -0.2) is 0 Å². The van der Waals surface area contributed by atoms with Gasteiger partial charge < -0.3 is 10.1 Å². The van der Waals surface area contributed by atoms with Crippen LogP contribution in [-0.4, -0.2) is 25.8 Å². The highest BCUT2D eigenvalue weighted by molar-refractivity contribution is 4.82. The first-order chi connectivity index (χ1) is 5.22. The molecule has 11 heavy (non-hydrogen) atoms. The molecule has 0 aromatic rings. The maximum Gasteiger partial charge on any atom is 0.0710 e. The topological polar surface area (TPSA) is 21.3 Å². The number of hydrogen-bond acceptors (Lipinski definition) is 2. The monoisotopic (exact) mass is 157 g/mol. The molecule has 66 valence electrons. The number of ether oxygens (including phenoxy) is 1. The van der Waals surface area contributed by atoms with Gasteiger partial charge in [-0.3, -0.25) is 0 Å². The molecule has 2 nitrogen and oxygen atoms in total. The third kappa shape index (κ3) is 2.80.